The number of nitrogens with zero attached hydrogens (tertiary/aromatic N) is 1. The second-order valence-electron chi connectivity index (χ2n) is 7.85. The number of guanidine groups is 1. The fraction of sp³-hybridized carbons (Fsp3) is 0.632. The first-order chi connectivity index (χ1) is 12.2. The Bertz CT molecular complexity index is 772. The largest absolute Gasteiger partial charge is 0.377 e. The molecular weight excluding hydrogens is 350 g/mol. The summed E-state index contributed by atoms with van der Waals surface area (Å²) < 4.78 is 28.9. The van der Waals surface area contributed by atoms with E-state index in [0.29, 0.717) is 23.0 Å². The second-order valence-corrected chi connectivity index (χ2v) is 9.87. The molecule has 1 heterocycles. The molecule has 1 aliphatic heterocycles. The molecule has 0 spiro atoms. The zero-order valence-electron chi connectivity index (χ0n) is 16.0. The Kier molecular flexibility index (Phi) is 5.30. The lowest BCUT2D eigenvalue weighted by molar-refractivity contribution is -0.106. The summed E-state index contributed by atoms with van der Waals surface area (Å²) in [6.45, 7) is 6.07. The molecule has 1 saturated heterocycles. The van der Waals surface area contributed by atoms with Crippen molar-refractivity contribution in [3.05, 3.63) is 29.8 Å². The zero-order chi connectivity index (χ0) is 18.9. The van der Waals surface area contributed by atoms with E-state index in [2.05, 4.69) is 29.5 Å². The van der Waals surface area contributed by atoms with Gasteiger partial charge in [0, 0.05) is 43.8 Å². The van der Waals surface area contributed by atoms with E-state index in [1.165, 1.54) is 6.26 Å². The summed E-state index contributed by atoms with van der Waals surface area (Å²) in [4.78, 5) is 4.70. The van der Waals surface area contributed by atoms with E-state index in [-0.39, 0.29) is 5.41 Å². The molecule has 6 nitrogen and oxygen atoms in total. The lowest BCUT2D eigenvalue weighted by Gasteiger charge is -2.54. The van der Waals surface area contributed by atoms with Crippen LogP contribution in [0.5, 0.6) is 0 Å². The molecule has 2 fully saturated rings. The summed E-state index contributed by atoms with van der Waals surface area (Å²) in [7, 11) is -1.36. The van der Waals surface area contributed by atoms with Crippen LogP contribution in [0.2, 0.25) is 0 Å². The number of ether oxygens (including phenoxy) is 1. The third kappa shape index (κ3) is 3.74. The van der Waals surface area contributed by atoms with E-state index in [0.717, 1.165) is 37.5 Å². The predicted octanol–water partition coefficient (Wildman–Crippen LogP) is 1.61. The summed E-state index contributed by atoms with van der Waals surface area (Å²) in [6, 6.07) is 7.42. The van der Waals surface area contributed by atoms with Gasteiger partial charge < -0.3 is 15.4 Å². The molecule has 1 aromatic rings. The molecule has 1 aliphatic carbocycles. The van der Waals surface area contributed by atoms with Crippen molar-refractivity contribution in [1.82, 2.24) is 10.6 Å². The van der Waals surface area contributed by atoms with Crippen molar-refractivity contribution >= 4 is 15.8 Å². The van der Waals surface area contributed by atoms with Crippen LogP contribution < -0.4 is 10.6 Å². The Morgan fingerprint density at radius 2 is 2.00 bits per heavy atom. The molecule has 2 N–H and O–H groups in total. The molecule has 26 heavy (non-hydrogen) atoms. The van der Waals surface area contributed by atoms with Crippen LogP contribution in [0, 0.1) is 11.3 Å². The van der Waals surface area contributed by atoms with Crippen LogP contribution in [0.3, 0.4) is 0 Å². The molecule has 0 aromatic heterocycles. The first-order valence-electron chi connectivity index (χ1n) is 9.11. The molecule has 7 heteroatoms. The average molecular weight is 380 g/mol. The molecule has 2 aliphatic rings. The molecule has 1 aromatic carbocycles. The third-order valence-corrected chi connectivity index (χ3v) is 6.80. The van der Waals surface area contributed by atoms with Gasteiger partial charge in [0.05, 0.1) is 11.0 Å². The van der Waals surface area contributed by atoms with Gasteiger partial charge in [0.1, 0.15) is 0 Å². The molecule has 1 saturated carbocycles. The zero-order valence-corrected chi connectivity index (χ0v) is 16.8. The van der Waals surface area contributed by atoms with Gasteiger partial charge in [-0.05, 0) is 30.5 Å². The van der Waals surface area contributed by atoms with Gasteiger partial charge in [0.15, 0.2) is 15.8 Å². The van der Waals surface area contributed by atoms with E-state index in [1.54, 1.807) is 19.2 Å². The third-order valence-electron chi connectivity index (χ3n) is 5.67. The minimum absolute atomic E-state index is 0.111. The monoisotopic (exact) mass is 379 g/mol. The number of rotatable bonds is 5. The van der Waals surface area contributed by atoms with Crippen LogP contribution in [0.15, 0.2) is 34.2 Å². The molecule has 3 unspecified atom stereocenters. The topological polar surface area (TPSA) is 79.8 Å². The Morgan fingerprint density at radius 1 is 1.31 bits per heavy atom. The quantitative estimate of drug-likeness (QED) is 0.600. The van der Waals surface area contributed by atoms with Crippen molar-refractivity contribution in [1.29, 1.82) is 0 Å². The Labute approximate surface area is 156 Å². The van der Waals surface area contributed by atoms with Crippen molar-refractivity contribution in [2.45, 2.75) is 43.7 Å². The van der Waals surface area contributed by atoms with Gasteiger partial charge in [-0.25, -0.2) is 8.42 Å². The summed E-state index contributed by atoms with van der Waals surface area (Å²) in [5.74, 6) is 1.37. The van der Waals surface area contributed by atoms with Gasteiger partial charge in [-0.3, -0.25) is 4.99 Å². The SMILES string of the molecule is CN=C(NCCc1ccc(S(C)(=O)=O)cc1)NC1C2CCOC2C1(C)C. The summed E-state index contributed by atoms with van der Waals surface area (Å²) >= 11 is 0. The van der Waals surface area contributed by atoms with Crippen molar-refractivity contribution in [3.63, 3.8) is 0 Å². The molecular formula is C19H29N3O3S. The van der Waals surface area contributed by atoms with Gasteiger partial charge in [-0.2, -0.15) is 0 Å². The highest BCUT2D eigenvalue weighted by Crippen LogP contribution is 2.52. The number of nitrogens with one attached hydrogen (secondary N) is 2. The van der Waals surface area contributed by atoms with Gasteiger partial charge in [0.25, 0.3) is 0 Å². The highest BCUT2D eigenvalue weighted by atomic mass is 32.2. The first-order valence-corrected chi connectivity index (χ1v) is 11.0. The molecule has 3 rings (SSSR count). The van der Waals surface area contributed by atoms with E-state index in [9.17, 15) is 8.42 Å². The fourth-order valence-electron chi connectivity index (χ4n) is 4.19. The second kappa shape index (κ2) is 7.19. The number of sulfone groups is 1. The lowest BCUT2D eigenvalue weighted by Crippen LogP contribution is -2.68. The van der Waals surface area contributed by atoms with E-state index in [1.807, 2.05) is 12.1 Å². The van der Waals surface area contributed by atoms with Gasteiger partial charge in [-0.1, -0.05) is 26.0 Å². The van der Waals surface area contributed by atoms with E-state index < -0.39 is 9.84 Å². The van der Waals surface area contributed by atoms with Gasteiger partial charge in [-0.15, -0.1) is 0 Å². The standard InChI is InChI=1S/C19H29N3O3S/c1-19(2)16(15-10-12-25-17(15)19)22-18(20-3)21-11-9-13-5-7-14(8-6-13)26(4,23)24/h5-8,15-17H,9-12H2,1-4H3,(H2,20,21,22). The lowest BCUT2D eigenvalue weighted by atomic mass is 9.57. The highest BCUT2D eigenvalue weighted by molar-refractivity contribution is 7.90. The minimum Gasteiger partial charge on any atom is -0.377 e. The van der Waals surface area contributed by atoms with Crippen LogP contribution >= 0.6 is 0 Å². The highest BCUT2D eigenvalue weighted by Gasteiger charge is 2.59. The average Bonchev–Trinajstić information content (AvgIpc) is 3.04. The molecule has 0 bridgehead atoms. The number of aliphatic imine (C=N–C) groups is 1. The van der Waals surface area contributed by atoms with Crippen LogP contribution in [-0.2, 0) is 21.0 Å². The van der Waals surface area contributed by atoms with Crippen LogP contribution in [0.1, 0.15) is 25.8 Å². The van der Waals surface area contributed by atoms with E-state index >= 15 is 0 Å². The van der Waals surface area contributed by atoms with Crippen LogP contribution in [-0.4, -0.2) is 53.0 Å². The van der Waals surface area contributed by atoms with Crippen molar-refractivity contribution in [3.8, 4) is 0 Å². The smallest absolute Gasteiger partial charge is 0.191 e. The fourth-order valence-corrected chi connectivity index (χ4v) is 4.82. The maximum absolute atomic E-state index is 11.5. The van der Waals surface area contributed by atoms with Crippen molar-refractivity contribution < 1.29 is 13.2 Å². The summed E-state index contributed by atoms with van der Waals surface area (Å²) in [5.41, 5.74) is 1.20. The molecule has 0 radical (unpaired) electrons. The van der Waals surface area contributed by atoms with Crippen LogP contribution in [0.4, 0.5) is 0 Å². The van der Waals surface area contributed by atoms with Gasteiger partial charge in [0.2, 0.25) is 0 Å². The van der Waals surface area contributed by atoms with Crippen molar-refractivity contribution in [2.24, 2.45) is 16.3 Å². The molecule has 144 valence electrons. The Balaban J connectivity index is 1.51. The summed E-state index contributed by atoms with van der Waals surface area (Å²) in [6.07, 6.45) is 3.48. The Hall–Kier alpha value is -1.60. The van der Waals surface area contributed by atoms with Crippen molar-refractivity contribution in [2.75, 3.05) is 26.5 Å². The first kappa shape index (κ1) is 19.2. The number of benzene rings is 1. The Morgan fingerprint density at radius 3 is 2.62 bits per heavy atom. The maximum atomic E-state index is 11.5. The predicted molar refractivity (Wildman–Crippen MR) is 103 cm³/mol. The maximum Gasteiger partial charge on any atom is 0.191 e. The summed E-state index contributed by atoms with van der Waals surface area (Å²) in [5, 5.41) is 6.92. The number of hydrogen-bond acceptors (Lipinski definition) is 4. The molecule has 3 atom stereocenters. The normalized spacial score (nSPS) is 27.5. The molecule has 0 amide bonds. The number of fused-ring (bicyclic) bond motifs is 1. The minimum atomic E-state index is -3.14. The number of hydrogen-bond donors (Lipinski definition) is 2. The van der Waals surface area contributed by atoms with Crippen LogP contribution in [0.25, 0.3) is 0 Å². The van der Waals surface area contributed by atoms with E-state index in [4.69, 9.17) is 4.74 Å². The van der Waals surface area contributed by atoms with Gasteiger partial charge >= 0.3 is 0 Å².